The van der Waals surface area contributed by atoms with E-state index in [-0.39, 0.29) is 17.2 Å². The second-order valence-corrected chi connectivity index (χ2v) is 8.55. The van der Waals surface area contributed by atoms with E-state index in [1.165, 1.54) is 0 Å². The van der Waals surface area contributed by atoms with E-state index in [4.69, 9.17) is 28.6 Å². The Bertz CT molecular complexity index is 886. The molecule has 0 bridgehead atoms. The van der Waals surface area contributed by atoms with Gasteiger partial charge >= 0.3 is 0 Å². The third-order valence-electron chi connectivity index (χ3n) is 5.01. The summed E-state index contributed by atoms with van der Waals surface area (Å²) in [6, 6.07) is 13.1. The number of hydrogen-bond donors (Lipinski definition) is 3. The lowest BCUT2D eigenvalue weighted by Crippen LogP contribution is -2.69. The van der Waals surface area contributed by atoms with Gasteiger partial charge in [0.2, 0.25) is 0 Å². The molecule has 2 heterocycles. The molecule has 0 amide bonds. The number of thiocarbonyl (C=S) groups is 1. The van der Waals surface area contributed by atoms with Crippen molar-refractivity contribution < 1.29 is 9.84 Å². The van der Waals surface area contributed by atoms with Crippen LogP contribution in [0.15, 0.2) is 42.5 Å². The smallest absolute Gasteiger partial charge is 0.185 e. The first kappa shape index (κ1) is 17.4. The lowest BCUT2D eigenvalue weighted by molar-refractivity contribution is -0.0128. The Balaban J connectivity index is 1.84. The standard InChI is InChI=1S/C20H21ClN2O2S/c1-19(2)11-20(23-18(26)22-19)10-15(13-5-3-4-6-16(13)21)14-8-7-12(24)9-17(14)25-20/h3-9,15,24H,10-11H2,1-2H3,(H2,22,23,26)/t15-,20+/m0/s1. The summed E-state index contributed by atoms with van der Waals surface area (Å²) in [6.45, 7) is 4.21. The normalized spacial score (nSPS) is 26.4. The van der Waals surface area contributed by atoms with Gasteiger partial charge in [-0.25, -0.2) is 0 Å². The highest BCUT2D eigenvalue weighted by molar-refractivity contribution is 7.80. The Morgan fingerprint density at radius 1 is 1.15 bits per heavy atom. The van der Waals surface area contributed by atoms with Gasteiger partial charge in [0.25, 0.3) is 0 Å². The molecule has 3 N–H and O–H groups in total. The van der Waals surface area contributed by atoms with Gasteiger partial charge in [-0.2, -0.15) is 0 Å². The number of nitrogens with one attached hydrogen (secondary N) is 2. The molecule has 2 aromatic rings. The SMILES string of the molecule is CC1(C)C[C@]2(C[C@@H](c3ccccc3Cl)c3ccc(O)cc3O2)NC(=S)N1. The van der Waals surface area contributed by atoms with Crippen LogP contribution in [0.1, 0.15) is 43.7 Å². The number of rotatable bonds is 1. The molecular weight excluding hydrogens is 368 g/mol. The van der Waals surface area contributed by atoms with Crippen molar-refractivity contribution in [2.24, 2.45) is 0 Å². The van der Waals surface area contributed by atoms with Crippen molar-refractivity contribution in [1.82, 2.24) is 10.6 Å². The van der Waals surface area contributed by atoms with Crippen LogP contribution in [-0.4, -0.2) is 21.5 Å². The van der Waals surface area contributed by atoms with Crippen LogP contribution in [0.25, 0.3) is 0 Å². The maximum atomic E-state index is 9.98. The van der Waals surface area contributed by atoms with Gasteiger partial charge in [0.05, 0.1) is 0 Å². The van der Waals surface area contributed by atoms with E-state index in [0.29, 0.717) is 17.3 Å². The number of halogens is 1. The Morgan fingerprint density at radius 3 is 2.65 bits per heavy atom. The van der Waals surface area contributed by atoms with Crippen LogP contribution in [0.4, 0.5) is 0 Å². The van der Waals surface area contributed by atoms with Gasteiger partial charge in [0.15, 0.2) is 10.8 Å². The molecule has 2 aliphatic heterocycles. The molecule has 1 fully saturated rings. The summed E-state index contributed by atoms with van der Waals surface area (Å²) < 4.78 is 6.40. The Labute approximate surface area is 163 Å². The molecule has 0 unspecified atom stereocenters. The number of hydrogen-bond acceptors (Lipinski definition) is 3. The van der Waals surface area contributed by atoms with Crippen molar-refractivity contribution in [2.45, 2.75) is 43.9 Å². The fraction of sp³-hybridized carbons (Fsp3) is 0.350. The number of aromatic hydroxyl groups is 1. The summed E-state index contributed by atoms with van der Waals surface area (Å²) in [5.41, 5.74) is 1.21. The second-order valence-electron chi connectivity index (χ2n) is 7.74. The average Bonchev–Trinajstić information content (AvgIpc) is 2.52. The third kappa shape index (κ3) is 3.10. The summed E-state index contributed by atoms with van der Waals surface area (Å²) in [5, 5.41) is 17.9. The summed E-state index contributed by atoms with van der Waals surface area (Å²) in [4.78, 5) is 0. The van der Waals surface area contributed by atoms with Crippen molar-refractivity contribution in [3.8, 4) is 11.5 Å². The molecule has 6 heteroatoms. The molecule has 2 aromatic carbocycles. The summed E-state index contributed by atoms with van der Waals surface area (Å²) in [6.07, 6.45) is 1.41. The van der Waals surface area contributed by atoms with E-state index in [2.05, 4.69) is 24.5 Å². The fourth-order valence-electron chi connectivity index (χ4n) is 4.16. The molecule has 0 saturated carbocycles. The van der Waals surface area contributed by atoms with Gasteiger partial charge in [-0.15, -0.1) is 0 Å². The molecule has 1 spiro atoms. The summed E-state index contributed by atoms with van der Waals surface area (Å²) in [7, 11) is 0. The Morgan fingerprint density at radius 2 is 1.92 bits per heavy atom. The van der Waals surface area contributed by atoms with Crippen LogP contribution in [0, 0.1) is 0 Å². The first-order valence-corrected chi connectivity index (χ1v) is 9.42. The van der Waals surface area contributed by atoms with Crippen molar-refractivity contribution in [3.05, 3.63) is 58.6 Å². The highest BCUT2D eigenvalue weighted by Crippen LogP contribution is 2.48. The monoisotopic (exact) mass is 388 g/mol. The Kier molecular flexibility index (Phi) is 4.04. The summed E-state index contributed by atoms with van der Waals surface area (Å²) >= 11 is 12.0. The van der Waals surface area contributed by atoms with Gasteiger partial charge in [-0.05, 0) is 43.8 Å². The van der Waals surface area contributed by atoms with Gasteiger partial charge in [-0.1, -0.05) is 35.9 Å². The molecule has 0 aromatic heterocycles. The number of phenols is 1. The van der Waals surface area contributed by atoms with Crippen molar-refractivity contribution in [3.63, 3.8) is 0 Å². The van der Waals surface area contributed by atoms with Crippen molar-refractivity contribution in [2.75, 3.05) is 0 Å². The molecule has 26 heavy (non-hydrogen) atoms. The zero-order valence-electron chi connectivity index (χ0n) is 14.7. The van der Waals surface area contributed by atoms with Gasteiger partial charge in [0, 0.05) is 41.0 Å². The van der Waals surface area contributed by atoms with Crippen molar-refractivity contribution >= 4 is 28.9 Å². The molecule has 136 valence electrons. The van der Waals surface area contributed by atoms with E-state index >= 15 is 0 Å². The van der Waals surface area contributed by atoms with E-state index in [1.54, 1.807) is 12.1 Å². The highest BCUT2D eigenvalue weighted by Gasteiger charge is 2.48. The van der Waals surface area contributed by atoms with Crippen molar-refractivity contribution in [1.29, 1.82) is 0 Å². The number of phenolic OH excluding ortho intramolecular Hbond substituents is 1. The number of benzene rings is 2. The van der Waals surface area contributed by atoms with E-state index < -0.39 is 5.72 Å². The molecule has 1 saturated heterocycles. The molecule has 2 aliphatic rings. The quantitative estimate of drug-likeness (QED) is 0.636. The van der Waals surface area contributed by atoms with Crippen LogP contribution in [0.3, 0.4) is 0 Å². The molecule has 0 radical (unpaired) electrons. The van der Waals surface area contributed by atoms with Crippen LogP contribution in [0.5, 0.6) is 11.5 Å². The molecular formula is C20H21ClN2O2S. The third-order valence-corrected chi connectivity index (χ3v) is 5.56. The maximum absolute atomic E-state index is 9.98. The summed E-state index contributed by atoms with van der Waals surface area (Å²) in [5.74, 6) is 0.876. The van der Waals surface area contributed by atoms with Crippen LogP contribution >= 0.6 is 23.8 Å². The fourth-order valence-corrected chi connectivity index (χ4v) is 4.89. The van der Waals surface area contributed by atoms with E-state index in [9.17, 15) is 5.11 Å². The van der Waals surface area contributed by atoms with E-state index in [0.717, 1.165) is 22.6 Å². The predicted molar refractivity (Wildman–Crippen MR) is 107 cm³/mol. The van der Waals surface area contributed by atoms with Crippen LogP contribution < -0.4 is 15.4 Å². The van der Waals surface area contributed by atoms with Gasteiger partial charge < -0.3 is 20.5 Å². The minimum Gasteiger partial charge on any atom is -0.508 e. The first-order chi connectivity index (χ1) is 12.3. The topological polar surface area (TPSA) is 53.5 Å². The lowest BCUT2D eigenvalue weighted by atomic mass is 9.77. The molecule has 2 atom stereocenters. The minimum atomic E-state index is -0.656. The second kappa shape index (κ2) is 6.03. The number of ether oxygens (including phenoxy) is 1. The van der Waals surface area contributed by atoms with E-state index in [1.807, 2.05) is 30.3 Å². The first-order valence-electron chi connectivity index (χ1n) is 8.64. The van der Waals surface area contributed by atoms with Gasteiger partial charge in [-0.3, -0.25) is 0 Å². The number of fused-ring (bicyclic) bond motifs is 1. The predicted octanol–water partition coefficient (Wildman–Crippen LogP) is 4.30. The maximum Gasteiger partial charge on any atom is 0.185 e. The van der Waals surface area contributed by atoms with Crippen LogP contribution in [-0.2, 0) is 0 Å². The van der Waals surface area contributed by atoms with Crippen LogP contribution in [0.2, 0.25) is 5.02 Å². The molecule has 0 aliphatic carbocycles. The largest absolute Gasteiger partial charge is 0.508 e. The zero-order chi connectivity index (χ0) is 18.5. The molecule has 4 nitrogen and oxygen atoms in total. The Hall–Kier alpha value is -1.98. The lowest BCUT2D eigenvalue weighted by Gasteiger charge is -2.50. The highest BCUT2D eigenvalue weighted by atomic mass is 35.5. The van der Waals surface area contributed by atoms with Gasteiger partial charge in [0.1, 0.15) is 11.5 Å². The minimum absolute atomic E-state index is 0.0391. The zero-order valence-corrected chi connectivity index (χ0v) is 16.2. The molecule has 4 rings (SSSR count). The average molecular weight is 389 g/mol.